The first kappa shape index (κ1) is 24.7. The Balaban J connectivity index is 1.65. The Kier molecular flexibility index (Phi) is 6.63. The largest absolute Gasteiger partial charge is 0.493 e. The second kappa shape index (κ2) is 9.67. The predicted octanol–water partition coefficient (Wildman–Crippen LogP) is 5.44. The summed E-state index contributed by atoms with van der Waals surface area (Å²) in [4.78, 5) is 12.8. The molecule has 4 rings (SSSR count). The Hall–Kier alpha value is -4.44. The number of allylic oxidation sites excluding steroid dienone is 1. The fourth-order valence-corrected chi connectivity index (χ4v) is 4.15. The Morgan fingerprint density at radius 1 is 0.972 bits per heavy atom. The predicted molar refractivity (Wildman–Crippen MR) is 135 cm³/mol. The van der Waals surface area contributed by atoms with Gasteiger partial charge in [-0.2, -0.15) is 5.26 Å². The molecule has 0 spiro atoms. The van der Waals surface area contributed by atoms with E-state index in [-0.39, 0.29) is 16.9 Å². The summed E-state index contributed by atoms with van der Waals surface area (Å²) < 4.78 is 22.1. The lowest BCUT2D eigenvalue weighted by Gasteiger charge is -2.27. The molecule has 0 aliphatic carbocycles. The number of rotatable bonds is 5. The summed E-state index contributed by atoms with van der Waals surface area (Å²) >= 11 is 0. The van der Waals surface area contributed by atoms with Crippen LogP contribution >= 0.6 is 0 Å². The number of hydrogen-bond donors (Lipinski definition) is 1. The first-order chi connectivity index (χ1) is 17.2. The summed E-state index contributed by atoms with van der Waals surface area (Å²) in [5.41, 5.74) is 9.43. The van der Waals surface area contributed by atoms with Crippen molar-refractivity contribution in [2.24, 2.45) is 5.73 Å². The van der Waals surface area contributed by atoms with Crippen molar-refractivity contribution in [3.63, 3.8) is 0 Å². The molecule has 184 valence electrons. The maximum Gasteiger partial charge on any atom is 0.343 e. The molecule has 36 heavy (non-hydrogen) atoms. The molecule has 3 aromatic rings. The molecule has 2 N–H and O–H groups in total. The number of ether oxygens (including phenoxy) is 4. The molecule has 1 atom stereocenters. The monoisotopic (exact) mass is 484 g/mol. The standard InChI is InChI=1S/C29H28N2O5/c1-29(2,3)19-9-6-17(7-10-19)28(32)35-20-11-12-21-24(15-20)36-27(31)22(16-30)26(21)18-8-13-23(33-4)25(14-18)34-5/h6-15,26H,31H2,1-5H3. The van der Waals surface area contributed by atoms with E-state index in [4.69, 9.17) is 24.7 Å². The fourth-order valence-electron chi connectivity index (χ4n) is 4.15. The van der Waals surface area contributed by atoms with Gasteiger partial charge in [0, 0.05) is 11.6 Å². The van der Waals surface area contributed by atoms with E-state index in [2.05, 4.69) is 26.8 Å². The van der Waals surface area contributed by atoms with Crippen LogP contribution in [0, 0.1) is 11.3 Å². The summed E-state index contributed by atoms with van der Waals surface area (Å²) in [5.74, 6) is 0.824. The van der Waals surface area contributed by atoms with Gasteiger partial charge in [-0.1, -0.05) is 45.0 Å². The van der Waals surface area contributed by atoms with Gasteiger partial charge in [-0.05, 0) is 46.9 Å². The number of nitrogens with zero attached hydrogens (tertiary/aromatic N) is 1. The smallest absolute Gasteiger partial charge is 0.343 e. The molecule has 1 heterocycles. The van der Waals surface area contributed by atoms with E-state index >= 15 is 0 Å². The van der Waals surface area contributed by atoms with Crippen LogP contribution in [-0.2, 0) is 5.41 Å². The fraction of sp³-hybridized carbons (Fsp3) is 0.241. The zero-order chi connectivity index (χ0) is 26.0. The number of carbonyl (C=O) groups excluding carboxylic acids is 1. The van der Waals surface area contributed by atoms with Crippen LogP contribution in [0.1, 0.15) is 53.7 Å². The van der Waals surface area contributed by atoms with Crippen LogP contribution in [0.4, 0.5) is 0 Å². The normalized spacial score (nSPS) is 14.8. The van der Waals surface area contributed by atoms with Gasteiger partial charge in [-0.25, -0.2) is 4.79 Å². The van der Waals surface area contributed by atoms with Crippen LogP contribution in [0.25, 0.3) is 0 Å². The molecule has 1 unspecified atom stereocenters. The molecule has 1 aliphatic rings. The van der Waals surface area contributed by atoms with Gasteiger partial charge in [0.05, 0.1) is 25.7 Å². The quantitative estimate of drug-likeness (QED) is 0.380. The van der Waals surface area contributed by atoms with Gasteiger partial charge < -0.3 is 24.7 Å². The van der Waals surface area contributed by atoms with Gasteiger partial charge >= 0.3 is 5.97 Å². The van der Waals surface area contributed by atoms with E-state index in [9.17, 15) is 10.1 Å². The van der Waals surface area contributed by atoms with E-state index < -0.39 is 11.9 Å². The first-order valence-electron chi connectivity index (χ1n) is 11.4. The molecule has 3 aromatic carbocycles. The number of esters is 1. The van der Waals surface area contributed by atoms with E-state index in [1.807, 2.05) is 18.2 Å². The molecule has 0 amide bonds. The third-order valence-corrected chi connectivity index (χ3v) is 6.13. The van der Waals surface area contributed by atoms with Crippen molar-refractivity contribution in [2.75, 3.05) is 14.2 Å². The third kappa shape index (κ3) is 4.71. The second-order valence-electron chi connectivity index (χ2n) is 9.46. The number of nitriles is 1. The Morgan fingerprint density at radius 3 is 2.28 bits per heavy atom. The van der Waals surface area contributed by atoms with Crippen LogP contribution in [0.3, 0.4) is 0 Å². The molecule has 0 saturated carbocycles. The average Bonchev–Trinajstić information content (AvgIpc) is 2.86. The summed E-state index contributed by atoms with van der Waals surface area (Å²) in [6, 6.07) is 20.0. The highest BCUT2D eigenvalue weighted by atomic mass is 16.5. The number of benzene rings is 3. The zero-order valence-electron chi connectivity index (χ0n) is 20.9. The Bertz CT molecular complexity index is 1380. The molecule has 0 aromatic heterocycles. The number of nitrogens with two attached hydrogens (primary N) is 1. The van der Waals surface area contributed by atoms with Crippen LogP contribution in [0.2, 0.25) is 0 Å². The molecule has 0 radical (unpaired) electrons. The van der Waals surface area contributed by atoms with E-state index in [1.165, 1.54) is 0 Å². The van der Waals surface area contributed by atoms with Crippen LogP contribution in [-0.4, -0.2) is 20.2 Å². The molecule has 7 heteroatoms. The average molecular weight is 485 g/mol. The lowest BCUT2D eigenvalue weighted by Crippen LogP contribution is -2.21. The number of hydrogen-bond acceptors (Lipinski definition) is 7. The highest BCUT2D eigenvalue weighted by Gasteiger charge is 2.32. The molecule has 0 fully saturated rings. The van der Waals surface area contributed by atoms with Gasteiger partial charge in [0.1, 0.15) is 23.1 Å². The highest BCUT2D eigenvalue weighted by molar-refractivity contribution is 5.91. The number of methoxy groups -OCH3 is 2. The van der Waals surface area contributed by atoms with Crippen molar-refractivity contribution in [1.29, 1.82) is 5.26 Å². The van der Waals surface area contributed by atoms with Gasteiger partial charge in [0.2, 0.25) is 5.88 Å². The lowest BCUT2D eigenvalue weighted by atomic mass is 9.83. The summed E-state index contributed by atoms with van der Waals surface area (Å²) in [5, 5.41) is 9.82. The van der Waals surface area contributed by atoms with Crippen LogP contribution in [0.5, 0.6) is 23.0 Å². The van der Waals surface area contributed by atoms with Crippen molar-refractivity contribution in [1.82, 2.24) is 0 Å². The minimum Gasteiger partial charge on any atom is -0.493 e. The van der Waals surface area contributed by atoms with Crippen LogP contribution in [0.15, 0.2) is 72.1 Å². The summed E-state index contributed by atoms with van der Waals surface area (Å²) in [7, 11) is 3.11. The molecule has 0 saturated heterocycles. The lowest BCUT2D eigenvalue weighted by molar-refractivity contribution is 0.0734. The molecular formula is C29H28N2O5. The van der Waals surface area contributed by atoms with Crippen molar-refractivity contribution in [3.05, 3.63) is 94.4 Å². The maximum absolute atomic E-state index is 12.8. The van der Waals surface area contributed by atoms with Crippen molar-refractivity contribution in [3.8, 4) is 29.1 Å². The highest BCUT2D eigenvalue weighted by Crippen LogP contribution is 2.45. The van der Waals surface area contributed by atoms with E-state index in [0.29, 0.717) is 34.1 Å². The molecule has 0 bridgehead atoms. The molecule has 7 nitrogen and oxygen atoms in total. The Labute approximate surface area is 210 Å². The number of fused-ring (bicyclic) bond motifs is 1. The van der Waals surface area contributed by atoms with Gasteiger partial charge in [-0.15, -0.1) is 0 Å². The van der Waals surface area contributed by atoms with Gasteiger partial charge in [0.15, 0.2) is 11.5 Å². The van der Waals surface area contributed by atoms with Crippen molar-refractivity contribution < 1.29 is 23.7 Å². The first-order valence-corrected chi connectivity index (χ1v) is 11.4. The van der Waals surface area contributed by atoms with E-state index in [0.717, 1.165) is 11.1 Å². The molecule has 1 aliphatic heterocycles. The SMILES string of the molecule is COc1ccc(C2C(C#N)=C(N)Oc3cc(OC(=O)c4ccc(C(C)(C)C)cc4)ccc32)cc1OC. The maximum atomic E-state index is 12.8. The second-order valence-corrected chi connectivity index (χ2v) is 9.46. The zero-order valence-corrected chi connectivity index (χ0v) is 20.9. The summed E-state index contributed by atoms with van der Waals surface area (Å²) in [6.07, 6.45) is 0. The van der Waals surface area contributed by atoms with Crippen molar-refractivity contribution in [2.45, 2.75) is 32.1 Å². The van der Waals surface area contributed by atoms with Gasteiger partial charge in [-0.3, -0.25) is 0 Å². The Morgan fingerprint density at radius 2 is 1.67 bits per heavy atom. The van der Waals surface area contributed by atoms with E-state index in [1.54, 1.807) is 56.7 Å². The topological polar surface area (TPSA) is 104 Å². The van der Waals surface area contributed by atoms with Crippen LogP contribution < -0.4 is 24.7 Å². The minimum atomic E-state index is -0.492. The third-order valence-electron chi connectivity index (χ3n) is 6.13. The molecular weight excluding hydrogens is 456 g/mol. The van der Waals surface area contributed by atoms with Crippen molar-refractivity contribution >= 4 is 5.97 Å². The minimum absolute atomic E-state index is 0.00831. The number of carbonyl (C=O) groups is 1. The summed E-state index contributed by atoms with van der Waals surface area (Å²) in [6.45, 7) is 6.34. The van der Waals surface area contributed by atoms with Gasteiger partial charge in [0.25, 0.3) is 0 Å².